The Kier molecular flexibility index (Phi) is 5.11. The first kappa shape index (κ1) is 16.5. The number of rotatable bonds is 4. The molecule has 1 fully saturated rings. The molecule has 2 N–H and O–H groups in total. The Hall–Kier alpha value is -2.40. The fraction of sp³-hybridized carbons (Fsp3) is 0.316. The molecule has 5 heteroatoms. The monoisotopic (exact) mass is 328 g/mol. The molecule has 2 aromatic carbocycles. The Balaban J connectivity index is 1.66. The van der Waals surface area contributed by atoms with E-state index in [1.807, 2.05) is 30.3 Å². The summed E-state index contributed by atoms with van der Waals surface area (Å²) in [4.78, 5) is 13.0. The number of amides is 1. The van der Waals surface area contributed by atoms with Crippen LogP contribution in [0.1, 0.15) is 30.0 Å². The van der Waals surface area contributed by atoms with Crippen molar-refractivity contribution in [1.82, 2.24) is 10.2 Å². The van der Waals surface area contributed by atoms with Gasteiger partial charge in [0, 0.05) is 19.1 Å². The van der Waals surface area contributed by atoms with E-state index in [0.29, 0.717) is 13.1 Å². The van der Waals surface area contributed by atoms with Crippen LogP contribution in [-0.4, -0.2) is 28.7 Å². The lowest BCUT2D eigenvalue weighted by Crippen LogP contribution is -2.46. The highest BCUT2D eigenvalue weighted by atomic mass is 19.1. The lowest BCUT2D eigenvalue weighted by atomic mass is 9.92. The molecule has 0 bridgehead atoms. The van der Waals surface area contributed by atoms with Crippen molar-refractivity contribution in [2.45, 2.75) is 31.5 Å². The summed E-state index contributed by atoms with van der Waals surface area (Å²) in [6, 6.07) is 16.3. The summed E-state index contributed by atoms with van der Waals surface area (Å²) < 4.78 is 13.0. The van der Waals surface area contributed by atoms with Gasteiger partial charge in [-0.25, -0.2) is 9.18 Å². The number of piperidine rings is 1. The van der Waals surface area contributed by atoms with Gasteiger partial charge in [0.05, 0.1) is 6.04 Å². The third kappa shape index (κ3) is 3.92. The number of nitrogens with one attached hydrogen (secondary N) is 1. The van der Waals surface area contributed by atoms with E-state index in [-0.39, 0.29) is 17.9 Å². The summed E-state index contributed by atoms with van der Waals surface area (Å²) in [5.74, 6) is -0.238. The summed E-state index contributed by atoms with van der Waals surface area (Å²) >= 11 is 0. The second-order valence-electron chi connectivity index (χ2n) is 6.13. The molecule has 2 atom stereocenters. The molecular formula is C19H21FN2O2. The van der Waals surface area contributed by atoms with Gasteiger partial charge < -0.3 is 15.3 Å². The van der Waals surface area contributed by atoms with Crippen LogP contribution in [0, 0.1) is 5.82 Å². The first-order chi connectivity index (χ1) is 11.6. The Labute approximate surface area is 140 Å². The van der Waals surface area contributed by atoms with Crippen LogP contribution < -0.4 is 5.32 Å². The zero-order chi connectivity index (χ0) is 16.9. The largest absolute Gasteiger partial charge is 0.465 e. The molecular weight excluding hydrogens is 307 g/mol. The van der Waals surface area contributed by atoms with Gasteiger partial charge in [-0.1, -0.05) is 42.5 Å². The quantitative estimate of drug-likeness (QED) is 0.897. The van der Waals surface area contributed by atoms with E-state index in [1.54, 1.807) is 12.1 Å². The van der Waals surface area contributed by atoms with Gasteiger partial charge in [-0.2, -0.15) is 0 Å². The summed E-state index contributed by atoms with van der Waals surface area (Å²) in [6.07, 6.45) is 0.634. The Morgan fingerprint density at radius 2 is 1.88 bits per heavy atom. The highest BCUT2D eigenvalue weighted by Crippen LogP contribution is 2.31. The maximum absolute atomic E-state index is 13.0. The lowest BCUT2D eigenvalue weighted by Gasteiger charge is -2.38. The fourth-order valence-corrected chi connectivity index (χ4v) is 3.24. The molecule has 126 valence electrons. The first-order valence-electron chi connectivity index (χ1n) is 8.16. The molecule has 0 aliphatic carbocycles. The maximum Gasteiger partial charge on any atom is 0.407 e. The minimum Gasteiger partial charge on any atom is -0.465 e. The fourth-order valence-electron chi connectivity index (χ4n) is 3.24. The van der Waals surface area contributed by atoms with E-state index in [2.05, 4.69) is 5.32 Å². The molecule has 0 spiro atoms. The highest BCUT2D eigenvalue weighted by molar-refractivity contribution is 5.66. The van der Waals surface area contributed by atoms with Crippen molar-refractivity contribution in [2.75, 3.05) is 6.54 Å². The molecule has 0 radical (unpaired) electrons. The van der Waals surface area contributed by atoms with Crippen molar-refractivity contribution in [3.05, 3.63) is 71.5 Å². The molecule has 0 unspecified atom stereocenters. The molecule has 3 rings (SSSR count). The number of carbonyl (C=O) groups is 1. The standard InChI is InChI=1S/C19H21FN2O2/c20-16-8-6-14(7-9-16)13-21-17-10-11-22(19(23)24)18(12-17)15-4-2-1-3-5-15/h1-9,17-18,21H,10-13H2,(H,23,24)/t17-,18+/m1/s1. The lowest BCUT2D eigenvalue weighted by molar-refractivity contribution is 0.0961. The van der Waals surface area contributed by atoms with Crippen LogP contribution in [0.25, 0.3) is 0 Å². The molecule has 1 heterocycles. The van der Waals surface area contributed by atoms with E-state index < -0.39 is 6.09 Å². The van der Waals surface area contributed by atoms with Gasteiger partial charge in [0.25, 0.3) is 0 Å². The van der Waals surface area contributed by atoms with Gasteiger partial charge in [0.15, 0.2) is 0 Å². The van der Waals surface area contributed by atoms with Gasteiger partial charge in [0.2, 0.25) is 0 Å². The number of halogens is 1. The zero-order valence-corrected chi connectivity index (χ0v) is 13.4. The van der Waals surface area contributed by atoms with Gasteiger partial charge in [-0.05, 0) is 36.1 Å². The topological polar surface area (TPSA) is 52.6 Å². The van der Waals surface area contributed by atoms with Crippen LogP contribution >= 0.6 is 0 Å². The van der Waals surface area contributed by atoms with E-state index in [1.165, 1.54) is 17.0 Å². The highest BCUT2D eigenvalue weighted by Gasteiger charge is 2.32. The number of carboxylic acid groups (broad SMARTS) is 1. The van der Waals surface area contributed by atoms with Crippen molar-refractivity contribution in [1.29, 1.82) is 0 Å². The smallest absolute Gasteiger partial charge is 0.407 e. The number of hydrogen-bond acceptors (Lipinski definition) is 2. The maximum atomic E-state index is 13.0. The van der Waals surface area contributed by atoms with Gasteiger partial charge in [-0.15, -0.1) is 0 Å². The number of likely N-dealkylation sites (tertiary alicyclic amines) is 1. The summed E-state index contributed by atoms with van der Waals surface area (Å²) in [5.41, 5.74) is 2.04. The first-order valence-corrected chi connectivity index (χ1v) is 8.16. The Morgan fingerprint density at radius 1 is 1.17 bits per heavy atom. The van der Waals surface area contributed by atoms with E-state index in [0.717, 1.165) is 24.0 Å². The van der Waals surface area contributed by atoms with Crippen LogP contribution in [-0.2, 0) is 6.54 Å². The summed E-state index contributed by atoms with van der Waals surface area (Å²) in [5, 5.41) is 12.9. The van der Waals surface area contributed by atoms with Crippen molar-refractivity contribution in [3.8, 4) is 0 Å². The van der Waals surface area contributed by atoms with Gasteiger partial charge >= 0.3 is 6.09 Å². The van der Waals surface area contributed by atoms with Crippen LogP contribution in [0.2, 0.25) is 0 Å². The zero-order valence-electron chi connectivity index (χ0n) is 13.4. The van der Waals surface area contributed by atoms with Crippen molar-refractivity contribution in [2.24, 2.45) is 0 Å². The third-order valence-corrected chi connectivity index (χ3v) is 4.54. The van der Waals surface area contributed by atoms with E-state index >= 15 is 0 Å². The predicted octanol–water partition coefficient (Wildman–Crippen LogP) is 3.80. The minimum atomic E-state index is -0.874. The third-order valence-electron chi connectivity index (χ3n) is 4.54. The predicted molar refractivity (Wildman–Crippen MR) is 90.2 cm³/mol. The van der Waals surface area contributed by atoms with Gasteiger partial charge in [-0.3, -0.25) is 0 Å². The van der Waals surface area contributed by atoms with E-state index in [4.69, 9.17) is 0 Å². The molecule has 1 aliphatic rings. The van der Waals surface area contributed by atoms with Crippen LogP contribution in [0.3, 0.4) is 0 Å². The average molecular weight is 328 g/mol. The minimum absolute atomic E-state index is 0.136. The van der Waals surface area contributed by atoms with Crippen LogP contribution in [0.5, 0.6) is 0 Å². The molecule has 1 amide bonds. The van der Waals surface area contributed by atoms with Gasteiger partial charge in [0.1, 0.15) is 5.82 Å². The van der Waals surface area contributed by atoms with Crippen molar-refractivity contribution >= 4 is 6.09 Å². The van der Waals surface area contributed by atoms with Crippen molar-refractivity contribution < 1.29 is 14.3 Å². The number of nitrogens with zero attached hydrogens (tertiary/aromatic N) is 1. The Bertz CT molecular complexity index is 676. The van der Waals surface area contributed by atoms with Crippen LogP contribution in [0.15, 0.2) is 54.6 Å². The molecule has 1 saturated heterocycles. The number of benzene rings is 2. The average Bonchev–Trinajstić information content (AvgIpc) is 2.61. The molecule has 2 aromatic rings. The Morgan fingerprint density at radius 3 is 2.54 bits per heavy atom. The summed E-state index contributed by atoms with van der Waals surface area (Å²) in [6.45, 7) is 1.16. The molecule has 4 nitrogen and oxygen atoms in total. The van der Waals surface area contributed by atoms with Crippen LogP contribution in [0.4, 0.5) is 9.18 Å². The van der Waals surface area contributed by atoms with E-state index in [9.17, 15) is 14.3 Å². The normalized spacial score (nSPS) is 20.8. The second-order valence-corrected chi connectivity index (χ2v) is 6.13. The SMILES string of the molecule is O=C(O)N1CC[C@@H](NCc2ccc(F)cc2)C[C@H]1c1ccccc1. The molecule has 1 aliphatic heterocycles. The molecule has 0 aromatic heterocycles. The number of hydrogen-bond donors (Lipinski definition) is 2. The molecule has 0 saturated carbocycles. The second kappa shape index (κ2) is 7.45. The van der Waals surface area contributed by atoms with Crippen molar-refractivity contribution in [3.63, 3.8) is 0 Å². The summed E-state index contributed by atoms with van der Waals surface area (Å²) in [7, 11) is 0. The molecule has 24 heavy (non-hydrogen) atoms.